The van der Waals surface area contributed by atoms with Crippen molar-refractivity contribution in [2.24, 2.45) is 0 Å². The number of aromatic nitrogens is 6. The maximum Gasteiger partial charge on any atom is 0.227 e. The second kappa shape index (κ2) is 16.5. The van der Waals surface area contributed by atoms with Gasteiger partial charge in [0.2, 0.25) is 5.89 Å². The molecule has 4 aromatic heterocycles. The molecule has 0 bridgehead atoms. The summed E-state index contributed by atoms with van der Waals surface area (Å²) in [6, 6.07) is 84.9. The van der Waals surface area contributed by atoms with Gasteiger partial charge in [-0.1, -0.05) is 146 Å². The minimum absolute atomic E-state index is 0.563. The lowest BCUT2D eigenvalue weighted by molar-refractivity contribution is 0.620. The fourth-order valence-electron chi connectivity index (χ4n) is 10.2. The third-order valence-corrected chi connectivity index (χ3v) is 13.6. The number of oxazole rings is 1. The molecule has 0 aliphatic rings. The maximum atomic E-state index is 6.14. The van der Waals surface area contributed by atoms with Crippen LogP contribution in [0.2, 0.25) is 0 Å². The Morgan fingerprint density at radius 3 is 1.23 bits per heavy atom. The van der Waals surface area contributed by atoms with Crippen LogP contribution in [0.4, 0.5) is 0 Å². The molecular formula is C64H40N6O. The van der Waals surface area contributed by atoms with E-state index >= 15 is 0 Å². The van der Waals surface area contributed by atoms with E-state index in [4.69, 9.17) is 24.4 Å². The number of para-hydroxylation sites is 4. The molecule has 0 spiro atoms. The molecule has 0 unspecified atom stereocenters. The fraction of sp³-hybridized carbons (Fsp3) is 0. The summed E-state index contributed by atoms with van der Waals surface area (Å²) in [5.41, 5.74) is 16.4. The minimum Gasteiger partial charge on any atom is -0.436 e. The minimum atomic E-state index is 0.563. The second-order valence-corrected chi connectivity index (χ2v) is 17.9. The van der Waals surface area contributed by atoms with E-state index in [9.17, 15) is 0 Å². The lowest BCUT2D eigenvalue weighted by Crippen LogP contribution is -2.00. The first-order valence-corrected chi connectivity index (χ1v) is 23.8. The fourth-order valence-corrected chi connectivity index (χ4v) is 10.2. The van der Waals surface area contributed by atoms with E-state index in [1.165, 1.54) is 11.1 Å². The van der Waals surface area contributed by atoms with Gasteiger partial charge < -0.3 is 13.6 Å². The summed E-state index contributed by atoms with van der Waals surface area (Å²) < 4.78 is 10.8. The molecule has 0 radical (unpaired) electrons. The summed E-state index contributed by atoms with van der Waals surface area (Å²) >= 11 is 0. The first-order valence-electron chi connectivity index (χ1n) is 23.8. The van der Waals surface area contributed by atoms with E-state index in [1.54, 1.807) is 0 Å². The molecule has 7 heteroatoms. The van der Waals surface area contributed by atoms with Gasteiger partial charge in [0.05, 0.1) is 22.1 Å². The van der Waals surface area contributed by atoms with Crippen molar-refractivity contribution in [2.75, 3.05) is 0 Å². The number of hydrogen-bond acceptors (Lipinski definition) is 5. The molecule has 0 fully saturated rings. The van der Waals surface area contributed by atoms with Gasteiger partial charge in [-0.3, -0.25) is 0 Å². The van der Waals surface area contributed by atoms with E-state index in [0.717, 1.165) is 99.5 Å². The monoisotopic (exact) mass is 908 g/mol. The average Bonchev–Trinajstić information content (AvgIpc) is 4.14. The molecule has 4 heterocycles. The van der Waals surface area contributed by atoms with E-state index in [-0.39, 0.29) is 0 Å². The van der Waals surface area contributed by atoms with Crippen LogP contribution in [-0.4, -0.2) is 29.1 Å². The summed E-state index contributed by atoms with van der Waals surface area (Å²) in [5, 5.41) is 4.52. The van der Waals surface area contributed by atoms with Gasteiger partial charge in [-0.05, 0) is 119 Å². The van der Waals surface area contributed by atoms with Crippen LogP contribution in [0.1, 0.15) is 0 Å². The van der Waals surface area contributed by atoms with Crippen molar-refractivity contribution < 1.29 is 4.42 Å². The van der Waals surface area contributed by atoms with Gasteiger partial charge in [0.25, 0.3) is 0 Å². The summed E-state index contributed by atoms with van der Waals surface area (Å²) in [5.74, 6) is 2.29. The van der Waals surface area contributed by atoms with E-state index in [2.05, 4.69) is 203 Å². The Balaban J connectivity index is 0.925. The molecule has 10 aromatic carbocycles. The van der Waals surface area contributed by atoms with Crippen molar-refractivity contribution in [3.05, 3.63) is 243 Å². The zero-order valence-electron chi connectivity index (χ0n) is 38.2. The largest absolute Gasteiger partial charge is 0.436 e. The summed E-state index contributed by atoms with van der Waals surface area (Å²) in [4.78, 5) is 20.6. The van der Waals surface area contributed by atoms with Gasteiger partial charge in [0.1, 0.15) is 5.52 Å². The lowest BCUT2D eigenvalue weighted by atomic mass is 10.1. The van der Waals surface area contributed by atoms with E-state index in [0.29, 0.717) is 23.4 Å². The molecule has 0 saturated carbocycles. The predicted octanol–water partition coefficient (Wildman–Crippen LogP) is 16.2. The Bertz CT molecular complexity index is 4090. The molecule has 7 nitrogen and oxygen atoms in total. The first-order chi connectivity index (χ1) is 35.2. The average molecular weight is 909 g/mol. The van der Waals surface area contributed by atoms with Crippen molar-refractivity contribution in [2.45, 2.75) is 0 Å². The topological polar surface area (TPSA) is 74.6 Å². The van der Waals surface area contributed by atoms with Crippen LogP contribution in [0.25, 0.3) is 134 Å². The van der Waals surface area contributed by atoms with Gasteiger partial charge in [-0.15, -0.1) is 0 Å². The van der Waals surface area contributed by atoms with Gasteiger partial charge in [0.15, 0.2) is 23.1 Å². The third-order valence-electron chi connectivity index (χ3n) is 13.6. The number of benzene rings is 10. The molecule has 0 amide bonds. The third kappa shape index (κ3) is 6.98. The normalized spacial score (nSPS) is 11.7. The highest BCUT2D eigenvalue weighted by Crippen LogP contribution is 2.39. The van der Waals surface area contributed by atoms with Crippen LogP contribution in [0.5, 0.6) is 0 Å². The van der Waals surface area contributed by atoms with E-state index in [1.807, 2.05) is 48.5 Å². The molecular weight excluding hydrogens is 869 g/mol. The van der Waals surface area contributed by atoms with Crippen LogP contribution in [0.15, 0.2) is 247 Å². The van der Waals surface area contributed by atoms with Gasteiger partial charge in [0, 0.05) is 55.2 Å². The zero-order chi connectivity index (χ0) is 46.8. The van der Waals surface area contributed by atoms with Crippen LogP contribution < -0.4 is 0 Å². The van der Waals surface area contributed by atoms with Crippen LogP contribution in [0.3, 0.4) is 0 Å². The van der Waals surface area contributed by atoms with Crippen molar-refractivity contribution in [1.29, 1.82) is 0 Å². The van der Waals surface area contributed by atoms with E-state index < -0.39 is 0 Å². The van der Waals surface area contributed by atoms with Gasteiger partial charge in [-0.2, -0.15) is 0 Å². The Morgan fingerprint density at radius 2 is 0.690 bits per heavy atom. The highest BCUT2D eigenvalue weighted by atomic mass is 16.3. The highest BCUT2D eigenvalue weighted by Gasteiger charge is 2.20. The summed E-state index contributed by atoms with van der Waals surface area (Å²) in [6.45, 7) is 0. The molecule has 14 aromatic rings. The quantitative estimate of drug-likeness (QED) is 0.152. The summed E-state index contributed by atoms with van der Waals surface area (Å²) in [6.07, 6.45) is 0. The van der Waals surface area contributed by atoms with Crippen LogP contribution >= 0.6 is 0 Å². The van der Waals surface area contributed by atoms with Crippen molar-refractivity contribution >= 4 is 54.7 Å². The molecule has 0 atom stereocenters. The van der Waals surface area contributed by atoms with Crippen molar-refractivity contribution in [3.8, 4) is 79.2 Å². The smallest absolute Gasteiger partial charge is 0.227 e. The first kappa shape index (κ1) is 40.4. The lowest BCUT2D eigenvalue weighted by Gasteiger charge is -2.12. The van der Waals surface area contributed by atoms with Gasteiger partial charge in [-0.25, -0.2) is 19.9 Å². The standard InChI is InChI=1S/C64H40N6O/c1-3-15-41(16-4-1)45-19-13-21-49(37-45)69-56-26-10-7-23-51(56)53-39-47(33-35-58(53)69)62-66-61(43-29-31-44(32-30-43)64-65-55-25-9-12-28-60(55)71-64)67-63(68-62)48-34-36-59-54(40-48)52-24-8-11-27-57(52)70(59)50-22-14-20-46(38-50)42-17-5-2-6-18-42/h1-40H. The molecule has 0 aliphatic carbocycles. The number of nitrogens with zero attached hydrogens (tertiary/aromatic N) is 6. The zero-order valence-corrected chi connectivity index (χ0v) is 38.2. The molecule has 14 rings (SSSR count). The molecule has 0 N–H and O–H groups in total. The Labute approximate surface area is 408 Å². The molecule has 0 saturated heterocycles. The number of hydrogen-bond donors (Lipinski definition) is 0. The molecule has 332 valence electrons. The number of rotatable bonds is 8. The Morgan fingerprint density at radius 1 is 0.268 bits per heavy atom. The number of fused-ring (bicyclic) bond motifs is 7. The predicted molar refractivity (Wildman–Crippen MR) is 289 cm³/mol. The maximum absolute atomic E-state index is 6.14. The van der Waals surface area contributed by atoms with Crippen LogP contribution in [0, 0.1) is 0 Å². The second-order valence-electron chi connectivity index (χ2n) is 17.9. The van der Waals surface area contributed by atoms with Crippen LogP contribution in [-0.2, 0) is 0 Å². The van der Waals surface area contributed by atoms with Crippen molar-refractivity contribution in [1.82, 2.24) is 29.1 Å². The SMILES string of the molecule is c1ccc(-c2cccc(-n3c4ccccc4c4cc(-c5nc(-c6ccc(-c7nc8ccccc8o7)cc6)nc(-c6ccc7c(c6)c6ccccc6n7-c6cccc(-c7ccccc7)c6)n5)ccc43)c2)cc1. The van der Waals surface area contributed by atoms with Gasteiger partial charge >= 0.3 is 0 Å². The highest BCUT2D eigenvalue weighted by molar-refractivity contribution is 6.11. The summed E-state index contributed by atoms with van der Waals surface area (Å²) in [7, 11) is 0. The Kier molecular flexibility index (Phi) is 9.38. The Hall–Kier alpha value is -9.72. The van der Waals surface area contributed by atoms with Crippen molar-refractivity contribution in [3.63, 3.8) is 0 Å². The molecule has 0 aliphatic heterocycles. The molecule has 71 heavy (non-hydrogen) atoms.